The van der Waals surface area contributed by atoms with Crippen LogP contribution in [0.3, 0.4) is 0 Å². The highest BCUT2D eigenvalue weighted by Crippen LogP contribution is 2.06. The van der Waals surface area contributed by atoms with Crippen molar-refractivity contribution in [3.63, 3.8) is 0 Å². The van der Waals surface area contributed by atoms with Crippen molar-refractivity contribution in [2.75, 3.05) is 13.2 Å². The van der Waals surface area contributed by atoms with Gasteiger partial charge in [-0.2, -0.15) is 0 Å². The summed E-state index contributed by atoms with van der Waals surface area (Å²) >= 11 is 0. The van der Waals surface area contributed by atoms with Crippen LogP contribution in [-0.2, 0) is 4.74 Å². The number of allylic oxidation sites excluding steroid dienone is 1. The number of ether oxygens (including phenoxy) is 1. The van der Waals surface area contributed by atoms with Gasteiger partial charge < -0.3 is 4.74 Å². The average Bonchev–Trinajstić information content (AvgIpc) is 1.79. The fourth-order valence-corrected chi connectivity index (χ4v) is 0.971. The third-order valence-electron chi connectivity index (χ3n) is 1.63. The van der Waals surface area contributed by atoms with Crippen LogP contribution in [0.2, 0.25) is 0 Å². The molecule has 1 nitrogen and oxygen atoms in total. The molecule has 0 bridgehead atoms. The van der Waals surface area contributed by atoms with Gasteiger partial charge in [0, 0.05) is 6.61 Å². The highest BCUT2D eigenvalue weighted by Gasteiger charge is 1.95. The van der Waals surface area contributed by atoms with Crippen LogP contribution in [0, 0.1) is 0 Å². The van der Waals surface area contributed by atoms with E-state index in [1.807, 2.05) is 0 Å². The van der Waals surface area contributed by atoms with Crippen molar-refractivity contribution in [2.24, 2.45) is 0 Å². The molecule has 1 heteroatoms. The van der Waals surface area contributed by atoms with Crippen molar-refractivity contribution >= 4 is 0 Å². The first-order valence-electron chi connectivity index (χ1n) is 3.63. The number of rotatable bonds is 0. The topological polar surface area (TPSA) is 9.23 Å². The Morgan fingerprint density at radius 3 is 3.22 bits per heavy atom. The lowest BCUT2D eigenvalue weighted by Gasteiger charge is -2.07. The van der Waals surface area contributed by atoms with E-state index in [4.69, 9.17) is 4.74 Å². The molecule has 0 saturated heterocycles. The van der Waals surface area contributed by atoms with E-state index in [1.165, 1.54) is 18.4 Å². The van der Waals surface area contributed by atoms with E-state index in [-0.39, 0.29) is 0 Å². The Bertz CT molecular complexity index is 105. The minimum atomic E-state index is 0.919. The van der Waals surface area contributed by atoms with Crippen molar-refractivity contribution in [2.45, 2.75) is 26.2 Å². The van der Waals surface area contributed by atoms with Crippen molar-refractivity contribution in [1.82, 2.24) is 0 Å². The third kappa shape index (κ3) is 2.66. The molecule has 0 unspecified atom stereocenters. The van der Waals surface area contributed by atoms with Gasteiger partial charge in [0.25, 0.3) is 0 Å². The molecule has 0 amide bonds. The van der Waals surface area contributed by atoms with Gasteiger partial charge in [-0.1, -0.05) is 11.6 Å². The van der Waals surface area contributed by atoms with Gasteiger partial charge in [-0.15, -0.1) is 0 Å². The van der Waals surface area contributed by atoms with E-state index in [0.717, 1.165) is 19.6 Å². The van der Waals surface area contributed by atoms with Crippen molar-refractivity contribution < 1.29 is 4.74 Å². The fraction of sp³-hybridized carbons (Fsp3) is 0.750. The molecule has 0 N–H and O–H groups in total. The van der Waals surface area contributed by atoms with E-state index in [2.05, 4.69) is 13.0 Å². The van der Waals surface area contributed by atoms with Crippen LogP contribution in [0.5, 0.6) is 0 Å². The highest BCUT2D eigenvalue weighted by molar-refractivity contribution is 4.98. The minimum Gasteiger partial charge on any atom is -0.381 e. The van der Waals surface area contributed by atoms with E-state index in [0.29, 0.717) is 0 Å². The molecule has 1 rings (SSSR count). The second kappa shape index (κ2) is 3.67. The summed E-state index contributed by atoms with van der Waals surface area (Å²) < 4.78 is 5.30. The lowest BCUT2D eigenvalue weighted by atomic mass is 10.1. The van der Waals surface area contributed by atoms with Crippen molar-refractivity contribution in [1.29, 1.82) is 0 Å². The number of hydrogen-bond acceptors (Lipinski definition) is 1. The van der Waals surface area contributed by atoms with Crippen LogP contribution in [0.15, 0.2) is 11.6 Å². The van der Waals surface area contributed by atoms with Gasteiger partial charge in [0.1, 0.15) is 0 Å². The van der Waals surface area contributed by atoms with Gasteiger partial charge in [0.15, 0.2) is 0 Å². The molecular weight excluding hydrogens is 112 g/mol. The molecule has 0 aliphatic carbocycles. The minimum absolute atomic E-state index is 0.919. The molecular formula is C8H14O. The molecule has 0 radical (unpaired) electrons. The normalized spacial score (nSPS) is 22.1. The zero-order valence-electron chi connectivity index (χ0n) is 6.02. The molecule has 0 atom stereocenters. The maximum absolute atomic E-state index is 5.30. The maximum Gasteiger partial charge on any atom is 0.0503 e. The summed E-state index contributed by atoms with van der Waals surface area (Å²) in [6.45, 7) is 4.04. The highest BCUT2D eigenvalue weighted by atomic mass is 16.5. The molecule has 52 valence electrons. The summed E-state index contributed by atoms with van der Waals surface area (Å²) in [5, 5.41) is 0. The molecule has 0 aromatic carbocycles. The summed E-state index contributed by atoms with van der Waals surface area (Å²) in [5.41, 5.74) is 1.48. The van der Waals surface area contributed by atoms with E-state index in [9.17, 15) is 0 Å². The average molecular weight is 126 g/mol. The van der Waals surface area contributed by atoms with Gasteiger partial charge in [0.2, 0.25) is 0 Å². The van der Waals surface area contributed by atoms with Crippen LogP contribution >= 0.6 is 0 Å². The molecule has 0 saturated carbocycles. The van der Waals surface area contributed by atoms with E-state index >= 15 is 0 Å². The van der Waals surface area contributed by atoms with Crippen LogP contribution in [0.1, 0.15) is 26.2 Å². The molecule has 0 aromatic heterocycles. The molecule has 9 heavy (non-hydrogen) atoms. The summed E-state index contributed by atoms with van der Waals surface area (Å²) in [6.07, 6.45) is 5.84. The quantitative estimate of drug-likeness (QED) is 0.452. The van der Waals surface area contributed by atoms with Gasteiger partial charge >= 0.3 is 0 Å². The standard InChI is InChI=1S/C8H14O/c1-8-4-2-3-6-9-7-5-8/h4H,2-3,5-7H2,1H3. The smallest absolute Gasteiger partial charge is 0.0503 e. The predicted octanol–water partition coefficient (Wildman–Crippen LogP) is 2.13. The van der Waals surface area contributed by atoms with Gasteiger partial charge in [-0.25, -0.2) is 0 Å². The molecule has 1 aliphatic rings. The zero-order valence-corrected chi connectivity index (χ0v) is 6.02. The summed E-state index contributed by atoms with van der Waals surface area (Å²) in [5.74, 6) is 0. The van der Waals surface area contributed by atoms with E-state index < -0.39 is 0 Å². The summed E-state index contributed by atoms with van der Waals surface area (Å²) in [7, 11) is 0. The first kappa shape index (κ1) is 6.81. The predicted molar refractivity (Wildman–Crippen MR) is 38.4 cm³/mol. The fourth-order valence-electron chi connectivity index (χ4n) is 0.971. The van der Waals surface area contributed by atoms with Crippen LogP contribution in [0.25, 0.3) is 0 Å². The molecule has 0 aromatic rings. The monoisotopic (exact) mass is 126 g/mol. The maximum atomic E-state index is 5.30. The van der Waals surface area contributed by atoms with Gasteiger partial charge in [-0.3, -0.25) is 0 Å². The van der Waals surface area contributed by atoms with Gasteiger partial charge in [-0.05, 0) is 26.2 Å². The second-order valence-corrected chi connectivity index (χ2v) is 2.56. The van der Waals surface area contributed by atoms with Crippen LogP contribution < -0.4 is 0 Å². The lowest BCUT2D eigenvalue weighted by molar-refractivity contribution is 0.132. The Kier molecular flexibility index (Phi) is 2.78. The molecule has 0 spiro atoms. The lowest BCUT2D eigenvalue weighted by Crippen LogP contribution is -2.00. The third-order valence-corrected chi connectivity index (χ3v) is 1.63. The SMILES string of the molecule is CC1=CCCCOCC1. The Morgan fingerprint density at radius 2 is 2.33 bits per heavy atom. The zero-order chi connectivity index (χ0) is 6.53. The summed E-state index contributed by atoms with van der Waals surface area (Å²) in [4.78, 5) is 0. The van der Waals surface area contributed by atoms with Crippen LogP contribution in [0.4, 0.5) is 0 Å². The summed E-state index contributed by atoms with van der Waals surface area (Å²) in [6, 6.07) is 0. The number of hydrogen-bond donors (Lipinski definition) is 0. The van der Waals surface area contributed by atoms with Crippen LogP contribution in [-0.4, -0.2) is 13.2 Å². The van der Waals surface area contributed by atoms with Crippen molar-refractivity contribution in [3.05, 3.63) is 11.6 Å². The van der Waals surface area contributed by atoms with Gasteiger partial charge in [0.05, 0.1) is 6.61 Å². The van der Waals surface area contributed by atoms with E-state index in [1.54, 1.807) is 0 Å². The molecule has 1 heterocycles. The Balaban J connectivity index is 2.32. The molecule has 1 aliphatic heterocycles. The Hall–Kier alpha value is -0.300. The van der Waals surface area contributed by atoms with Crippen molar-refractivity contribution in [3.8, 4) is 0 Å². The first-order valence-corrected chi connectivity index (χ1v) is 3.63. The first-order chi connectivity index (χ1) is 4.39. The molecule has 0 fully saturated rings. The Morgan fingerprint density at radius 1 is 1.44 bits per heavy atom. The largest absolute Gasteiger partial charge is 0.381 e. The second-order valence-electron chi connectivity index (χ2n) is 2.56. The Labute approximate surface area is 56.7 Å².